The molecule has 0 bridgehead atoms. The van der Waals surface area contributed by atoms with Crippen LogP contribution in [0.15, 0.2) is 18.2 Å². The van der Waals surface area contributed by atoms with Crippen molar-refractivity contribution < 1.29 is 27.8 Å². The Morgan fingerprint density at radius 3 is 2.45 bits per heavy atom. The number of carbonyl (C=O) groups is 1. The third-order valence-corrected chi connectivity index (χ3v) is 3.83. The summed E-state index contributed by atoms with van der Waals surface area (Å²) in [4.78, 5) is 10.4. The number of aliphatic carboxylic acids is 1. The molecule has 112 valence electrons. The molecule has 0 atom stereocenters. The van der Waals surface area contributed by atoms with Gasteiger partial charge in [-0.15, -0.1) is 0 Å². The van der Waals surface area contributed by atoms with Crippen molar-refractivity contribution in [3.8, 4) is 11.5 Å². The Balaban J connectivity index is 2.74. The molecule has 0 spiro atoms. The van der Waals surface area contributed by atoms with Crippen LogP contribution in [-0.4, -0.2) is 39.5 Å². The second-order valence-electron chi connectivity index (χ2n) is 3.99. The van der Waals surface area contributed by atoms with Crippen LogP contribution in [0.3, 0.4) is 0 Å². The monoisotopic (exact) mass is 303 g/mol. The van der Waals surface area contributed by atoms with E-state index in [9.17, 15) is 13.2 Å². The highest BCUT2D eigenvalue weighted by molar-refractivity contribution is 7.92. The third-order valence-electron chi connectivity index (χ3n) is 2.46. The average molecular weight is 303 g/mol. The van der Waals surface area contributed by atoms with E-state index in [0.29, 0.717) is 17.2 Å². The molecule has 0 saturated heterocycles. The molecule has 0 radical (unpaired) electrons. The number of methoxy groups -OCH3 is 2. The zero-order chi connectivity index (χ0) is 15.2. The highest BCUT2D eigenvalue weighted by atomic mass is 32.2. The van der Waals surface area contributed by atoms with E-state index in [1.54, 1.807) is 6.07 Å². The minimum Gasteiger partial charge on any atom is -0.493 e. The number of anilines is 1. The number of benzene rings is 1. The largest absolute Gasteiger partial charge is 0.493 e. The van der Waals surface area contributed by atoms with Crippen molar-refractivity contribution >= 4 is 21.7 Å². The molecule has 0 aliphatic carbocycles. The predicted molar refractivity (Wildman–Crippen MR) is 73.8 cm³/mol. The molecule has 0 amide bonds. The van der Waals surface area contributed by atoms with Gasteiger partial charge in [0.05, 0.1) is 25.7 Å². The van der Waals surface area contributed by atoms with Crippen molar-refractivity contribution in [2.45, 2.75) is 12.8 Å². The Kier molecular flexibility index (Phi) is 5.63. The molecular formula is C12H17NO6S. The maximum absolute atomic E-state index is 11.8. The SMILES string of the molecule is COc1ccc(NS(=O)(=O)CCCC(=O)O)cc1OC. The molecule has 0 aliphatic rings. The molecule has 20 heavy (non-hydrogen) atoms. The lowest BCUT2D eigenvalue weighted by molar-refractivity contribution is -0.137. The molecule has 0 saturated carbocycles. The molecule has 1 aromatic rings. The predicted octanol–water partition coefficient (Wildman–Crippen LogP) is 1.31. The van der Waals surface area contributed by atoms with E-state index in [1.807, 2.05) is 0 Å². The molecule has 0 unspecified atom stereocenters. The summed E-state index contributed by atoms with van der Waals surface area (Å²) in [6.07, 6.45) is -0.134. The number of rotatable bonds is 8. The van der Waals surface area contributed by atoms with Gasteiger partial charge >= 0.3 is 5.97 Å². The fourth-order valence-corrected chi connectivity index (χ4v) is 2.66. The van der Waals surface area contributed by atoms with Gasteiger partial charge in [0.15, 0.2) is 11.5 Å². The maximum atomic E-state index is 11.8. The van der Waals surface area contributed by atoms with Gasteiger partial charge in [-0.3, -0.25) is 9.52 Å². The zero-order valence-electron chi connectivity index (χ0n) is 11.3. The number of carboxylic acid groups (broad SMARTS) is 1. The summed E-state index contributed by atoms with van der Waals surface area (Å²) in [5.41, 5.74) is 0.331. The number of carboxylic acids is 1. The fraction of sp³-hybridized carbons (Fsp3) is 0.417. The van der Waals surface area contributed by atoms with Gasteiger partial charge in [-0.05, 0) is 18.6 Å². The van der Waals surface area contributed by atoms with Crippen LogP contribution in [0.1, 0.15) is 12.8 Å². The first-order chi connectivity index (χ1) is 9.38. The van der Waals surface area contributed by atoms with Crippen molar-refractivity contribution in [1.29, 1.82) is 0 Å². The van der Waals surface area contributed by atoms with Gasteiger partial charge in [0.1, 0.15) is 0 Å². The molecule has 0 aromatic heterocycles. The van der Waals surface area contributed by atoms with Crippen molar-refractivity contribution in [2.24, 2.45) is 0 Å². The van der Waals surface area contributed by atoms with Gasteiger partial charge in [-0.25, -0.2) is 8.42 Å². The van der Waals surface area contributed by atoms with Crippen molar-refractivity contribution in [3.63, 3.8) is 0 Å². The van der Waals surface area contributed by atoms with Crippen molar-refractivity contribution in [1.82, 2.24) is 0 Å². The molecule has 1 rings (SSSR count). The summed E-state index contributed by atoms with van der Waals surface area (Å²) < 4.78 is 36.0. The molecule has 1 aromatic carbocycles. The summed E-state index contributed by atoms with van der Waals surface area (Å²) in [5.74, 6) is -0.390. The number of hydrogen-bond acceptors (Lipinski definition) is 5. The molecule has 2 N–H and O–H groups in total. The number of nitrogens with one attached hydrogen (secondary N) is 1. The molecule has 7 nitrogen and oxygen atoms in total. The van der Waals surface area contributed by atoms with Gasteiger partial charge in [0, 0.05) is 12.5 Å². The summed E-state index contributed by atoms with van der Waals surface area (Å²) in [6, 6.07) is 4.61. The summed E-state index contributed by atoms with van der Waals surface area (Å²) >= 11 is 0. The second kappa shape index (κ2) is 6.99. The van der Waals surface area contributed by atoms with Crippen LogP contribution in [0, 0.1) is 0 Å². The Labute approximate surface area is 117 Å². The van der Waals surface area contributed by atoms with Gasteiger partial charge in [-0.1, -0.05) is 0 Å². The average Bonchev–Trinajstić information content (AvgIpc) is 2.37. The standard InChI is InChI=1S/C12H17NO6S/c1-18-10-6-5-9(8-11(10)19-2)13-20(16,17)7-3-4-12(14)15/h5-6,8,13H,3-4,7H2,1-2H3,(H,14,15). The topological polar surface area (TPSA) is 102 Å². The zero-order valence-corrected chi connectivity index (χ0v) is 12.1. The van der Waals surface area contributed by atoms with E-state index in [2.05, 4.69) is 4.72 Å². The number of hydrogen-bond donors (Lipinski definition) is 2. The lowest BCUT2D eigenvalue weighted by Crippen LogP contribution is -2.17. The Morgan fingerprint density at radius 2 is 1.90 bits per heavy atom. The normalized spacial score (nSPS) is 10.9. The van der Waals surface area contributed by atoms with Crippen LogP contribution >= 0.6 is 0 Å². The van der Waals surface area contributed by atoms with Crippen LogP contribution in [-0.2, 0) is 14.8 Å². The van der Waals surface area contributed by atoms with Gasteiger partial charge in [0.2, 0.25) is 10.0 Å². The van der Waals surface area contributed by atoms with Gasteiger partial charge < -0.3 is 14.6 Å². The lowest BCUT2D eigenvalue weighted by atomic mass is 10.3. The Morgan fingerprint density at radius 1 is 1.25 bits per heavy atom. The van der Waals surface area contributed by atoms with E-state index in [1.165, 1.54) is 26.4 Å². The van der Waals surface area contributed by atoms with Crippen molar-refractivity contribution in [3.05, 3.63) is 18.2 Å². The quantitative estimate of drug-likeness (QED) is 0.750. The van der Waals surface area contributed by atoms with Crippen LogP contribution < -0.4 is 14.2 Å². The summed E-state index contributed by atoms with van der Waals surface area (Å²) in [7, 11) is -0.657. The summed E-state index contributed by atoms with van der Waals surface area (Å²) in [5, 5.41) is 8.48. The summed E-state index contributed by atoms with van der Waals surface area (Å²) in [6.45, 7) is 0. The Hall–Kier alpha value is -1.96. The van der Waals surface area contributed by atoms with Gasteiger partial charge in [0.25, 0.3) is 0 Å². The van der Waals surface area contributed by atoms with Crippen LogP contribution in [0.25, 0.3) is 0 Å². The van der Waals surface area contributed by atoms with E-state index in [4.69, 9.17) is 14.6 Å². The first kappa shape index (κ1) is 16.1. The maximum Gasteiger partial charge on any atom is 0.303 e. The Bertz CT molecular complexity index is 569. The smallest absolute Gasteiger partial charge is 0.303 e. The van der Waals surface area contributed by atoms with E-state index in [-0.39, 0.29) is 18.6 Å². The molecular weight excluding hydrogens is 286 g/mol. The first-order valence-corrected chi connectivity index (χ1v) is 7.47. The van der Waals surface area contributed by atoms with Crippen molar-refractivity contribution in [2.75, 3.05) is 24.7 Å². The van der Waals surface area contributed by atoms with E-state index >= 15 is 0 Å². The lowest BCUT2D eigenvalue weighted by Gasteiger charge is -2.11. The highest BCUT2D eigenvalue weighted by Crippen LogP contribution is 2.30. The van der Waals surface area contributed by atoms with Gasteiger partial charge in [-0.2, -0.15) is 0 Å². The van der Waals surface area contributed by atoms with Crippen LogP contribution in [0.4, 0.5) is 5.69 Å². The van der Waals surface area contributed by atoms with E-state index in [0.717, 1.165) is 0 Å². The molecule has 8 heteroatoms. The molecule has 0 heterocycles. The second-order valence-corrected chi connectivity index (χ2v) is 5.83. The minimum atomic E-state index is -3.58. The molecule has 0 fully saturated rings. The number of sulfonamides is 1. The third kappa shape index (κ3) is 4.96. The van der Waals surface area contributed by atoms with Crippen LogP contribution in [0.2, 0.25) is 0 Å². The van der Waals surface area contributed by atoms with E-state index < -0.39 is 16.0 Å². The first-order valence-electron chi connectivity index (χ1n) is 5.82. The number of ether oxygens (including phenoxy) is 2. The highest BCUT2D eigenvalue weighted by Gasteiger charge is 2.13. The fourth-order valence-electron chi connectivity index (χ4n) is 1.54. The molecule has 0 aliphatic heterocycles. The van der Waals surface area contributed by atoms with Crippen LogP contribution in [0.5, 0.6) is 11.5 Å². The minimum absolute atomic E-state index is 0.0535.